The summed E-state index contributed by atoms with van der Waals surface area (Å²) >= 11 is 1.62. The van der Waals surface area contributed by atoms with Gasteiger partial charge in [-0.15, -0.1) is 0 Å². The van der Waals surface area contributed by atoms with E-state index >= 15 is 0 Å². The summed E-state index contributed by atoms with van der Waals surface area (Å²) in [5, 5.41) is 23.7. The van der Waals surface area contributed by atoms with Gasteiger partial charge in [-0.2, -0.15) is 0 Å². The van der Waals surface area contributed by atoms with E-state index in [1.54, 1.807) is 11.9 Å². The van der Waals surface area contributed by atoms with Gasteiger partial charge in [0, 0.05) is 36.2 Å². The zero-order valence-electron chi connectivity index (χ0n) is 26.7. The molecule has 4 aromatic rings. The Balaban J connectivity index is 0.000000836. The van der Waals surface area contributed by atoms with Crippen LogP contribution in [0.3, 0.4) is 0 Å². The number of likely N-dealkylation sites (N-methyl/N-ethyl adjacent to an activating group) is 1. The first kappa shape index (κ1) is 35.9. The molecule has 0 amide bonds. The molecule has 0 aliphatic rings. The first-order valence-corrected chi connectivity index (χ1v) is 15.4. The van der Waals surface area contributed by atoms with Crippen LogP contribution >= 0.6 is 11.9 Å². The smallest absolute Gasteiger partial charge is 0.150 e. The number of rotatable bonds is 11. The Morgan fingerprint density at radius 2 is 1.47 bits per heavy atom. The van der Waals surface area contributed by atoms with Crippen LogP contribution in [0, 0.1) is 0 Å². The Labute approximate surface area is 262 Å². The standard InChI is InChI=1S/C31H34N2O2S.C5H10.CH4O/c1-31(2,19-24-10-13-25-6-4-5-7-28(25)18-24)32-20-29(35)21-33(3)36-30-16-14-27(15-17-30)26-11-8-23(22-34)9-12-26;1-4-5(2)3;1-2/h4-18,22,29,32,35H,19-21H2,1-3H3;4H,1-3H3;2H,1H3. The molecule has 4 aromatic carbocycles. The van der Waals surface area contributed by atoms with Crippen molar-refractivity contribution in [1.29, 1.82) is 0 Å². The van der Waals surface area contributed by atoms with Crippen LogP contribution in [0.4, 0.5) is 0 Å². The molecule has 0 radical (unpaired) electrons. The number of fused-ring (bicyclic) bond motifs is 1. The molecule has 0 saturated heterocycles. The van der Waals surface area contributed by atoms with Crippen LogP contribution in [0.15, 0.2) is 108 Å². The van der Waals surface area contributed by atoms with E-state index in [-0.39, 0.29) is 5.54 Å². The Morgan fingerprint density at radius 3 is 2.02 bits per heavy atom. The summed E-state index contributed by atoms with van der Waals surface area (Å²) < 4.78 is 2.07. The molecule has 1 unspecified atom stereocenters. The fraction of sp³-hybridized carbons (Fsp3) is 0.324. The van der Waals surface area contributed by atoms with Crippen molar-refractivity contribution in [2.75, 3.05) is 27.2 Å². The van der Waals surface area contributed by atoms with E-state index in [2.05, 4.69) is 110 Å². The van der Waals surface area contributed by atoms with Crippen molar-refractivity contribution in [3.63, 3.8) is 0 Å². The van der Waals surface area contributed by atoms with Crippen molar-refractivity contribution < 1.29 is 15.0 Å². The molecule has 230 valence electrons. The van der Waals surface area contributed by atoms with Crippen molar-refractivity contribution in [3.05, 3.63) is 114 Å². The molecule has 4 rings (SSSR count). The van der Waals surface area contributed by atoms with Crippen LogP contribution in [-0.2, 0) is 6.42 Å². The van der Waals surface area contributed by atoms with E-state index in [0.717, 1.165) is 35.8 Å². The van der Waals surface area contributed by atoms with Gasteiger partial charge in [0.1, 0.15) is 6.29 Å². The third-order valence-electron chi connectivity index (χ3n) is 6.82. The van der Waals surface area contributed by atoms with Crippen LogP contribution < -0.4 is 5.32 Å². The lowest BCUT2D eigenvalue weighted by molar-refractivity contribution is 0.112. The zero-order valence-corrected chi connectivity index (χ0v) is 27.5. The maximum Gasteiger partial charge on any atom is 0.150 e. The molecule has 0 aliphatic carbocycles. The fourth-order valence-electron chi connectivity index (χ4n) is 4.36. The van der Waals surface area contributed by atoms with E-state index in [1.807, 2.05) is 38.2 Å². The quantitative estimate of drug-likeness (QED) is 0.0927. The summed E-state index contributed by atoms with van der Waals surface area (Å²) in [6.45, 7) is 11.7. The molecule has 1 atom stereocenters. The summed E-state index contributed by atoms with van der Waals surface area (Å²) in [7, 11) is 3.00. The van der Waals surface area contributed by atoms with Gasteiger partial charge in [-0.3, -0.25) is 4.79 Å². The topological polar surface area (TPSA) is 72.8 Å². The predicted octanol–water partition coefficient (Wildman–Crippen LogP) is 7.81. The van der Waals surface area contributed by atoms with Crippen molar-refractivity contribution in [3.8, 4) is 11.1 Å². The highest BCUT2D eigenvalue weighted by atomic mass is 32.2. The largest absolute Gasteiger partial charge is 0.400 e. The first-order valence-electron chi connectivity index (χ1n) is 14.6. The highest BCUT2D eigenvalue weighted by Gasteiger charge is 2.20. The predicted molar refractivity (Wildman–Crippen MR) is 185 cm³/mol. The SMILES string of the molecule is CC=C(C)C.CN(CC(O)CNC(C)(C)Cc1ccc2ccccc2c1)Sc1ccc(-c2ccc(C=O)cc2)cc1.CO. The number of aldehydes is 1. The molecule has 5 nitrogen and oxygen atoms in total. The van der Waals surface area contributed by atoms with Gasteiger partial charge in [-0.05, 0) is 99.6 Å². The van der Waals surface area contributed by atoms with E-state index in [9.17, 15) is 9.90 Å². The summed E-state index contributed by atoms with van der Waals surface area (Å²) in [5.74, 6) is 0. The monoisotopic (exact) mass is 600 g/mol. The number of allylic oxidation sites excluding steroid dienone is 2. The Kier molecular flexibility index (Phi) is 15.4. The number of nitrogens with one attached hydrogen (secondary N) is 1. The third-order valence-corrected chi connectivity index (χ3v) is 7.76. The van der Waals surface area contributed by atoms with Gasteiger partial charge < -0.3 is 15.5 Å². The normalized spacial score (nSPS) is 11.6. The second-order valence-electron chi connectivity index (χ2n) is 11.3. The third kappa shape index (κ3) is 12.9. The average Bonchev–Trinajstić information content (AvgIpc) is 3.01. The van der Waals surface area contributed by atoms with Gasteiger partial charge in [0.15, 0.2) is 0 Å². The van der Waals surface area contributed by atoms with Crippen molar-refractivity contribution in [2.45, 2.75) is 57.6 Å². The van der Waals surface area contributed by atoms with E-state index in [0.29, 0.717) is 18.7 Å². The molecule has 0 spiro atoms. The van der Waals surface area contributed by atoms with Gasteiger partial charge in [0.2, 0.25) is 0 Å². The zero-order chi connectivity index (χ0) is 31.8. The molecule has 0 bridgehead atoms. The number of β-amino-alcohol motifs (C(OH)–C–C–N with tert-alkyl or cyclic N) is 1. The fourth-order valence-corrected chi connectivity index (χ4v) is 5.22. The second-order valence-corrected chi connectivity index (χ2v) is 12.6. The van der Waals surface area contributed by atoms with Gasteiger partial charge in [-0.1, -0.05) is 90.5 Å². The highest BCUT2D eigenvalue weighted by molar-refractivity contribution is 7.97. The molecular formula is C37H48N2O3S. The molecule has 0 aliphatic heterocycles. The number of nitrogens with zero attached hydrogens (tertiary/aromatic N) is 1. The molecule has 0 heterocycles. The summed E-state index contributed by atoms with van der Waals surface area (Å²) in [4.78, 5) is 12.0. The lowest BCUT2D eigenvalue weighted by Gasteiger charge is -2.29. The van der Waals surface area contributed by atoms with Crippen molar-refractivity contribution >= 4 is 29.0 Å². The number of carbonyl (C=O) groups is 1. The van der Waals surface area contributed by atoms with Crippen LogP contribution in [0.1, 0.15) is 50.5 Å². The van der Waals surface area contributed by atoms with E-state index in [4.69, 9.17) is 5.11 Å². The van der Waals surface area contributed by atoms with Gasteiger partial charge >= 0.3 is 0 Å². The maximum atomic E-state index is 10.9. The van der Waals surface area contributed by atoms with Gasteiger partial charge in [0.25, 0.3) is 0 Å². The average molecular weight is 601 g/mol. The minimum Gasteiger partial charge on any atom is -0.400 e. The maximum absolute atomic E-state index is 10.9. The molecule has 3 N–H and O–H groups in total. The summed E-state index contributed by atoms with van der Waals surface area (Å²) in [5.41, 5.74) is 5.41. The van der Waals surface area contributed by atoms with Crippen LogP contribution in [-0.4, -0.2) is 59.7 Å². The van der Waals surface area contributed by atoms with Crippen LogP contribution in [0.5, 0.6) is 0 Å². The van der Waals surface area contributed by atoms with Crippen LogP contribution in [0.25, 0.3) is 21.9 Å². The lowest BCUT2D eigenvalue weighted by Crippen LogP contribution is -2.46. The molecule has 6 heteroatoms. The van der Waals surface area contributed by atoms with Crippen LogP contribution in [0.2, 0.25) is 0 Å². The molecule has 43 heavy (non-hydrogen) atoms. The lowest BCUT2D eigenvalue weighted by atomic mass is 9.93. The number of aliphatic hydroxyl groups excluding tert-OH is 2. The van der Waals surface area contributed by atoms with E-state index < -0.39 is 6.10 Å². The summed E-state index contributed by atoms with van der Waals surface area (Å²) in [6.07, 6.45) is 3.35. The number of hydrogen-bond acceptors (Lipinski definition) is 6. The van der Waals surface area contributed by atoms with Crippen molar-refractivity contribution in [2.24, 2.45) is 0 Å². The minimum atomic E-state index is -0.478. The molecule has 0 fully saturated rings. The van der Waals surface area contributed by atoms with Crippen molar-refractivity contribution in [1.82, 2.24) is 9.62 Å². The number of aliphatic hydroxyl groups is 2. The Bertz CT molecular complexity index is 1410. The number of carbonyl (C=O) groups excluding carboxylic acids is 1. The number of benzene rings is 4. The Hall–Kier alpha value is -3.26. The minimum absolute atomic E-state index is 0.130. The second kappa shape index (κ2) is 18.4. The highest BCUT2D eigenvalue weighted by Crippen LogP contribution is 2.26. The Morgan fingerprint density at radius 1 is 0.907 bits per heavy atom. The molecule has 0 saturated carbocycles. The van der Waals surface area contributed by atoms with Gasteiger partial charge in [-0.25, -0.2) is 4.31 Å². The summed E-state index contributed by atoms with van der Waals surface area (Å²) in [6, 6.07) is 31.0. The first-order chi connectivity index (χ1) is 20.6. The van der Waals surface area contributed by atoms with E-state index in [1.165, 1.54) is 21.9 Å². The number of hydrogen-bond donors (Lipinski definition) is 3. The molecule has 0 aromatic heterocycles. The van der Waals surface area contributed by atoms with Gasteiger partial charge in [0.05, 0.1) is 6.10 Å². The molecular weight excluding hydrogens is 552 g/mol.